The Hall–Kier alpha value is -1.92. The van der Waals surface area contributed by atoms with Gasteiger partial charge in [0, 0.05) is 5.56 Å². The molecule has 0 aliphatic heterocycles. The van der Waals surface area contributed by atoms with Gasteiger partial charge in [0.25, 0.3) is 0 Å². The van der Waals surface area contributed by atoms with E-state index in [4.69, 9.17) is 4.79 Å². The topological polar surface area (TPSA) is 34.1 Å². The Kier molecular flexibility index (Phi) is 6.66. The number of rotatable bonds is 3. The van der Waals surface area contributed by atoms with E-state index < -0.39 is 0 Å². The molecular weight excluding hydrogens is 176 g/mol. The van der Waals surface area contributed by atoms with Gasteiger partial charge in [-0.15, -0.1) is 6.58 Å². The summed E-state index contributed by atoms with van der Waals surface area (Å²) in [6, 6.07) is 7.53. The molecule has 0 unspecified atom stereocenters. The molecule has 0 fully saturated rings. The lowest BCUT2D eigenvalue weighted by molar-refractivity contribution is 0.112. The Morgan fingerprint density at radius 1 is 1.36 bits per heavy atom. The quantitative estimate of drug-likeness (QED) is 0.414. The highest BCUT2D eigenvalue weighted by Crippen LogP contribution is 2.06. The molecule has 72 valence electrons. The van der Waals surface area contributed by atoms with Gasteiger partial charge in [-0.05, 0) is 18.6 Å². The summed E-state index contributed by atoms with van der Waals surface area (Å²) in [6.45, 7) is 6.30. The molecule has 0 aliphatic carbocycles. The third kappa shape index (κ3) is 4.19. The third-order valence-electron chi connectivity index (χ3n) is 1.55. The van der Waals surface area contributed by atoms with Crippen LogP contribution in [0, 0.1) is 0 Å². The SMILES string of the molecule is C=C=O.C=CCc1ccccc1C=O. The van der Waals surface area contributed by atoms with Gasteiger partial charge in [0.05, 0.1) is 0 Å². The highest BCUT2D eigenvalue weighted by atomic mass is 16.1. The molecule has 1 aromatic rings. The second kappa shape index (κ2) is 7.71. The lowest BCUT2D eigenvalue weighted by Gasteiger charge is -1.98. The standard InChI is InChI=1S/C10H10O.C2H2O/c1-2-5-9-6-3-4-7-10(9)8-11;1-2-3/h2-4,6-8H,1,5H2;1H2. The fraction of sp³-hybridized carbons (Fsp3) is 0.0833. The molecule has 2 heteroatoms. The smallest absolute Gasteiger partial charge is 0.150 e. The zero-order valence-electron chi connectivity index (χ0n) is 7.90. The van der Waals surface area contributed by atoms with Gasteiger partial charge < -0.3 is 0 Å². The summed E-state index contributed by atoms with van der Waals surface area (Å²) in [4.78, 5) is 19.0. The molecule has 0 saturated heterocycles. The summed E-state index contributed by atoms with van der Waals surface area (Å²) in [5.74, 6) is 1.25. The zero-order valence-corrected chi connectivity index (χ0v) is 7.90. The minimum atomic E-state index is 0.757. The normalized spacial score (nSPS) is 7.71. The average molecular weight is 188 g/mol. The summed E-state index contributed by atoms with van der Waals surface area (Å²) in [6.07, 6.45) is 3.43. The van der Waals surface area contributed by atoms with Crippen LogP contribution in [0.15, 0.2) is 43.5 Å². The fourth-order valence-corrected chi connectivity index (χ4v) is 0.991. The molecule has 0 aromatic heterocycles. The van der Waals surface area contributed by atoms with Crippen molar-refractivity contribution < 1.29 is 9.59 Å². The number of allylic oxidation sites excluding steroid dienone is 1. The van der Waals surface area contributed by atoms with Crippen LogP contribution in [0.3, 0.4) is 0 Å². The predicted octanol–water partition coefficient (Wildman–Crippen LogP) is 2.23. The number of carbonyl (C=O) groups excluding carboxylic acids is 2. The molecule has 0 radical (unpaired) electrons. The number of benzene rings is 1. The van der Waals surface area contributed by atoms with Gasteiger partial charge >= 0.3 is 0 Å². The van der Waals surface area contributed by atoms with Crippen molar-refractivity contribution >= 4 is 12.2 Å². The second-order valence-electron chi connectivity index (χ2n) is 2.45. The van der Waals surface area contributed by atoms with Crippen LogP contribution in [0.5, 0.6) is 0 Å². The average Bonchev–Trinajstić information content (AvgIpc) is 2.20. The van der Waals surface area contributed by atoms with Crippen molar-refractivity contribution in [2.24, 2.45) is 0 Å². The van der Waals surface area contributed by atoms with E-state index in [2.05, 4.69) is 13.2 Å². The van der Waals surface area contributed by atoms with E-state index in [1.807, 2.05) is 24.3 Å². The Morgan fingerprint density at radius 3 is 2.43 bits per heavy atom. The maximum Gasteiger partial charge on any atom is 0.150 e. The number of aldehydes is 1. The number of hydrogen-bond donors (Lipinski definition) is 0. The first kappa shape index (κ1) is 12.1. The molecule has 1 rings (SSSR count). The van der Waals surface area contributed by atoms with Crippen LogP contribution in [-0.4, -0.2) is 12.2 Å². The van der Waals surface area contributed by atoms with Crippen LogP contribution in [0.25, 0.3) is 0 Å². The minimum Gasteiger partial charge on any atom is -0.298 e. The molecule has 0 bridgehead atoms. The first-order chi connectivity index (χ1) is 6.79. The maximum absolute atomic E-state index is 10.5. The molecule has 0 spiro atoms. The third-order valence-corrected chi connectivity index (χ3v) is 1.55. The van der Waals surface area contributed by atoms with Crippen molar-refractivity contribution in [3.8, 4) is 0 Å². The van der Waals surface area contributed by atoms with Crippen molar-refractivity contribution in [3.63, 3.8) is 0 Å². The number of carbonyl (C=O) groups is 1. The fourth-order valence-electron chi connectivity index (χ4n) is 0.991. The summed E-state index contributed by atoms with van der Waals surface area (Å²) in [5, 5.41) is 0. The molecule has 0 heterocycles. The maximum atomic E-state index is 10.5. The molecule has 0 N–H and O–H groups in total. The number of hydrogen-bond acceptors (Lipinski definition) is 2. The zero-order chi connectivity index (χ0) is 10.8. The molecule has 0 saturated carbocycles. The van der Waals surface area contributed by atoms with Crippen LogP contribution >= 0.6 is 0 Å². The van der Waals surface area contributed by atoms with Crippen molar-refractivity contribution in [2.45, 2.75) is 6.42 Å². The summed E-state index contributed by atoms with van der Waals surface area (Å²) in [7, 11) is 0. The van der Waals surface area contributed by atoms with E-state index in [0.717, 1.165) is 23.8 Å². The van der Waals surface area contributed by atoms with Crippen LogP contribution < -0.4 is 0 Å². The Bertz CT molecular complexity index is 334. The van der Waals surface area contributed by atoms with Gasteiger partial charge in [0.15, 0.2) is 0 Å². The van der Waals surface area contributed by atoms with E-state index in [0.29, 0.717) is 0 Å². The van der Waals surface area contributed by atoms with Crippen molar-refractivity contribution in [1.29, 1.82) is 0 Å². The van der Waals surface area contributed by atoms with Gasteiger partial charge in [0.1, 0.15) is 12.2 Å². The predicted molar refractivity (Wildman–Crippen MR) is 57.1 cm³/mol. The molecule has 0 atom stereocenters. The molecule has 2 nitrogen and oxygen atoms in total. The monoisotopic (exact) mass is 188 g/mol. The van der Waals surface area contributed by atoms with E-state index in [1.54, 1.807) is 6.08 Å². The van der Waals surface area contributed by atoms with Gasteiger partial charge in [-0.2, -0.15) is 0 Å². The molecular formula is C12H12O2. The summed E-state index contributed by atoms with van der Waals surface area (Å²) >= 11 is 0. The minimum absolute atomic E-state index is 0.757. The highest BCUT2D eigenvalue weighted by molar-refractivity contribution is 5.77. The Labute approximate surface area is 83.6 Å². The lowest BCUT2D eigenvalue weighted by Crippen LogP contribution is -1.88. The second-order valence-corrected chi connectivity index (χ2v) is 2.45. The molecule has 1 aromatic carbocycles. The van der Waals surface area contributed by atoms with Crippen LogP contribution in [0.1, 0.15) is 15.9 Å². The van der Waals surface area contributed by atoms with Crippen molar-refractivity contribution in [3.05, 3.63) is 54.6 Å². The molecule has 0 amide bonds. The van der Waals surface area contributed by atoms with E-state index >= 15 is 0 Å². The van der Waals surface area contributed by atoms with E-state index in [-0.39, 0.29) is 0 Å². The largest absolute Gasteiger partial charge is 0.298 e. The van der Waals surface area contributed by atoms with Crippen LogP contribution in [-0.2, 0) is 11.2 Å². The van der Waals surface area contributed by atoms with E-state index in [9.17, 15) is 4.79 Å². The first-order valence-electron chi connectivity index (χ1n) is 4.08. The van der Waals surface area contributed by atoms with Gasteiger partial charge in [0.2, 0.25) is 0 Å². The molecule has 0 aliphatic rings. The van der Waals surface area contributed by atoms with Crippen LogP contribution in [0.2, 0.25) is 0 Å². The van der Waals surface area contributed by atoms with Crippen LogP contribution in [0.4, 0.5) is 0 Å². The van der Waals surface area contributed by atoms with Gasteiger partial charge in [-0.25, -0.2) is 4.79 Å². The molecule has 14 heavy (non-hydrogen) atoms. The van der Waals surface area contributed by atoms with Gasteiger partial charge in [-0.1, -0.05) is 30.3 Å². The highest BCUT2D eigenvalue weighted by Gasteiger charge is 1.95. The van der Waals surface area contributed by atoms with Crippen molar-refractivity contribution in [2.75, 3.05) is 0 Å². The van der Waals surface area contributed by atoms with Crippen molar-refractivity contribution in [1.82, 2.24) is 0 Å². The van der Waals surface area contributed by atoms with Gasteiger partial charge in [-0.3, -0.25) is 4.79 Å². The Morgan fingerprint density at radius 2 is 1.93 bits per heavy atom. The lowest BCUT2D eigenvalue weighted by atomic mass is 10.1. The van der Waals surface area contributed by atoms with E-state index in [1.165, 1.54) is 5.94 Å². The Balaban J connectivity index is 0.000000500. The summed E-state index contributed by atoms with van der Waals surface area (Å²) in [5.41, 5.74) is 1.80. The summed E-state index contributed by atoms with van der Waals surface area (Å²) < 4.78 is 0. The first-order valence-corrected chi connectivity index (χ1v) is 4.08.